The van der Waals surface area contributed by atoms with Crippen LogP contribution in [0.25, 0.3) is 0 Å². The van der Waals surface area contributed by atoms with Gasteiger partial charge in [-0.1, -0.05) is 5.92 Å². The number of likely N-dealkylation sites (tertiary alicyclic amines) is 1. The first-order valence-corrected chi connectivity index (χ1v) is 5.74. The summed E-state index contributed by atoms with van der Waals surface area (Å²) < 4.78 is 0. The molecule has 1 aliphatic rings. The fraction of sp³-hybridized carbons (Fsp3) is 0.667. The van der Waals surface area contributed by atoms with Crippen molar-refractivity contribution < 1.29 is 14.7 Å². The monoisotopic (exact) mass is 238 g/mol. The Morgan fingerprint density at radius 1 is 1.59 bits per heavy atom. The van der Waals surface area contributed by atoms with E-state index in [2.05, 4.69) is 5.92 Å². The number of hydrogen-bond acceptors (Lipinski definition) is 2. The van der Waals surface area contributed by atoms with Gasteiger partial charge in [-0.2, -0.15) is 0 Å². The van der Waals surface area contributed by atoms with Crippen LogP contribution in [-0.2, 0) is 4.79 Å². The van der Waals surface area contributed by atoms with Gasteiger partial charge in [-0.15, -0.1) is 6.42 Å². The third kappa shape index (κ3) is 2.70. The minimum atomic E-state index is -0.840. The minimum Gasteiger partial charge on any atom is -0.481 e. The number of terminal acetylenes is 1. The summed E-state index contributed by atoms with van der Waals surface area (Å²) in [6, 6.07) is -0.437. The highest BCUT2D eigenvalue weighted by atomic mass is 16.4. The molecule has 1 aliphatic heterocycles. The van der Waals surface area contributed by atoms with E-state index in [-0.39, 0.29) is 18.6 Å². The molecular formula is C12H18N2O3. The van der Waals surface area contributed by atoms with E-state index in [1.165, 1.54) is 0 Å². The van der Waals surface area contributed by atoms with Crippen LogP contribution in [0.3, 0.4) is 0 Å². The van der Waals surface area contributed by atoms with Crippen molar-refractivity contribution in [2.45, 2.75) is 26.3 Å². The molecule has 1 N–H and O–H groups in total. The summed E-state index contributed by atoms with van der Waals surface area (Å²) in [4.78, 5) is 26.2. The van der Waals surface area contributed by atoms with Gasteiger partial charge in [0.2, 0.25) is 0 Å². The number of carboxylic acids is 1. The maximum Gasteiger partial charge on any atom is 0.321 e. The molecule has 2 amide bonds. The van der Waals surface area contributed by atoms with Crippen molar-refractivity contribution in [1.29, 1.82) is 0 Å². The van der Waals surface area contributed by atoms with E-state index in [1.807, 2.05) is 6.92 Å². The van der Waals surface area contributed by atoms with Gasteiger partial charge in [0.25, 0.3) is 0 Å². The minimum absolute atomic E-state index is 0.165. The van der Waals surface area contributed by atoms with Crippen molar-refractivity contribution in [2.24, 2.45) is 5.92 Å². The first kappa shape index (κ1) is 13.4. The predicted octanol–water partition coefficient (Wildman–Crippen LogP) is 0.857. The number of carbonyl (C=O) groups excluding carboxylic acids is 1. The van der Waals surface area contributed by atoms with Gasteiger partial charge in [0.15, 0.2) is 0 Å². The molecule has 2 unspecified atom stereocenters. The zero-order valence-corrected chi connectivity index (χ0v) is 10.2. The molecule has 5 heteroatoms. The molecule has 0 spiro atoms. The molecule has 0 aromatic rings. The Hall–Kier alpha value is -1.70. The predicted molar refractivity (Wildman–Crippen MR) is 63.4 cm³/mol. The molecule has 1 heterocycles. The zero-order valence-electron chi connectivity index (χ0n) is 10.2. The maximum absolute atomic E-state index is 12.1. The van der Waals surface area contributed by atoms with Crippen LogP contribution in [0.2, 0.25) is 0 Å². The topological polar surface area (TPSA) is 60.9 Å². The fourth-order valence-corrected chi connectivity index (χ4v) is 2.15. The van der Waals surface area contributed by atoms with Crippen LogP contribution in [0.15, 0.2) is 0 Å². The maximum atomic E-state index is 12.1. The summed E-state index contributed by atoms with van der Waals surface area (Å²) >= 11 is 0. The lowest BCUT2D eigenvalue weighted by molar-refractivity contribution is -0.142. The summed E-state index contributed by atoms with van der Waals surface area (Å²) in [5.41, 5.74) is 0. The highest BCUT2D eigenvalue weighted by Crippen LogP contribution is 2.25. The fourth-order valence-electron chi connectivity index (χ4n) is 2.15. The van der Waals surface area contributed by atoms with Gasteiger partial charge in [0.1, 0.15) is 0 Å². The van der Waals surface area contributed by atoms with Gasteiger partial charge in [-0.3, -0.25) is 4.79 Å². The van der Waals surface area contributed by atoms with Crippen LogP contribution in [0.1, 0.15) is 20.3 Å². The Morgan fingerprint density at radius 3 is 2.65 bits per heavy atom. The molecule has 1 rings (SSSR count). The molecule has 1 fully saturated rings. The largest absolute Gasteiger partial charge is 0.481 e. The Bertz CT molecular complexity index is 348. The quantitative estimate of drug-likeness (QED) is 0.742. The van der Waals surface area contributed by atoms with Crippen LogP contribution < -0.4 is 0 Å². The summed E-state index contributed by atoms with van der Waals surface area (Å²) in [5.74, 6) is 1.13. The Labute approximate surface area is 101 Å². The Balaban J connectivity index is 2.72. The third-order valence-corrected chi connectivity index (χ3v) is 3.25. The molecule has 94 valence electrons. The second-order valence-corrected chi connectivity index (χ2v) is 4.17. The van der Waals surface area contributed by atoms with Crippen molar-refractivity contribution in [3.8, 4) is 12.3 Å². The van der Waals surface area contributed by atoms with E-state index in [9.17, 15) is 9.59 Å². The van der Waals surface area contributed by atoms with Crippen molar-refractivity contribution in [2.75, 3.05) is 19.6 Å². The van der Waals surface area contributed by atoms with E-state index >= 15 is 0 Å². The van der Waals surface area contributed by atoms with Gasteiger partial charge in [-0.05, 0) is 20.3 Å². The Kier molecular flexibility index (Phi) is 4.38. The first-order valence-electron chi connectivity index (χ1n) is 5.74. The number of carbonyl (C=O) groups is 2. The van der Waals surface area contributed by atoms with Crippen molar-refractivity contribution in [1.82, 2.24) is 9.80 Å². The Morgan fingerprint density at radius 2 is 2.24 bits per heavy atom. The smallest absolute Gasteiger partial charge is 0.321 e. The molecule has 0 radical (unpaired) electrons. The molecule has 0 aromatic heterocycles. The van der Waals surface area contributed by atoms with E-state index in [1.54, 1.807) is 16.7 Å². The molecule has 0 saturated carbocycles. The lowest BCUT2D eigenvalue weighted by Crippen LogP contribution is -2.46. The average molecular weight is 238 g/mol. The highest BCUT2D eigenvalue weighted by molar-refractivity contribution is 5.78. The number of nitrogens with zero attached hydrogens (tertiary/aromatic N) is 2. The normalized spacial score (nSPS) is 23.2. The number of urea groups is 1. The number of carboxylic acid groups (broad SMARTS) is 1. The lowest BCUT2D eigenvalue weighted by Gasteiger charge is -2.29. The van der Waals surface area contributed by atoms with Crippen molar-refractivity contribution in [3.05, 3.63) is 0 Å². The van der Waals surface area contributed by atoms with E-state index in [0.29, 0.717) is 19.5 Å². The zero-order chi connectivity index (χ0) is 13.0. The van der Waals surface area contributed by atoms with E-state index in [0.717, 1.165) is 0 Å². The lowest BCUT2D eigenvalue weighted by atomic mass is 10.0. The van der Waals surface area contributed by atoms with Crippen molar-refractivity contribution in [3.63, 3.8) is 0 Å². The average Bonchev–Trinajstić information content (AvgIpc) is 2.67. The van der Waals surface area contributed by atoms with Crippen LogP contribution >= 0.6 is 0 Å². The number of amides is 2. The number of aliphatic carboxylic acids is 1. The van der Waals surface area contributed by atoms with Crippen LogP contribution in [-0.4, -0.2) is 52.6 Å². The van der Waals surface area contributed by atoms with Crippen LogP contribution in [0, 0.1) is 18.3 Å². The summed E-state index contributed by atoms with van der Waals surface area (Å²) in [5, 5.41) is 9.00. The van der Waals surface area contributed by atoms with Crippen molar-refractivity contribution >= 4 is 12.0 Å². The van der Waals surface area contributed by atoms with Gasteiger partial charge in [-0.25, -0.2) is 4.79 Å². The first-order chi connectivity index (χ1) is 8.02. The molecule has 0 bridgehead atoms. The summed E-state index contributed by atoms with van der Waals surface area (Å²) in [7, 11) is 0. The highest BCUT2D eigenvalue weighted by Gasteiger charge is 2.39. The SMILES string of the molecule is C#CCN(CC)C(=O)N1CCC(C(=O)O)C1C. The molecule has 0 aromatic carbocycles. The van der Waals surface area contributed by atoms with E-state index < -0.39 is 11.9 Å². The van der Waals surface area contributed by atoms with Gasteiger partial charge in [0.05, 0.1) is 12.5 Å². The van der Waals surface area contributed by atoms with Gasteiger partial charge >= 0.3 is 12.0 Å². The third-order valence-electron chi connectivity index (χ3n) is 3.25. The van der Waals surface area contributed by atoms with Crippen LogP contribution in [0.5, 0.6) is 0 Å². The molecular weight excluding hydrogens is 220 g/mol. The molecule has 0 aliphatic carbocycles. The van der Waals surface area contributed by atoms with Crippen LogP contribution in [0.4, 0.5) is 4.79 Å². The van der Waals surface area contributed by atoms with E-state index in [4.69, 9.17) is 11.5 Å². The summed E-state index contributed by atoms with van der Waals surface area (Å²) in [6.07, 6.45) is 5.70. The summed E-state index contributed by atoms with van der Waals surface area (Å²) in [6.45, 7) is 4.90. The molecule has 5 nitrogen and oxygen atoms in total. The van der Waals surface area contributed by atoms with Gasteiger partial charge < -0.3 is 14.9 Å². The molecule has 17 heavy (non-hydrogen) atoms. The second kappa shape index (κ2) is 5.58. The van der Waals surface area contributed by atoms with Gasteiger partial charge in [0, 0.05) is 19.1 Å². The molecule has 2 atom stereocenters. The second-order valence-electron chi connectivity index (χ2n) is 4.17. The standard InChI is InChI=1S/C12H18N2O3/c1-4-7-13(5-2)12(17)14-8-6-10(9(14)3)11(15)16/h1,9-10H,5-8H2,2-3H3,(H,15,16). The number of rotatable bonds is 3. The number of hydrogen-bond donors (Lipinski definition) is 1. The molecule has 1 saturated heterocycles.